The van der Waals surface area contributed by atoms with Gasteiger partial charge in [0.2, 0.25) is 6.41 Å². The Hall–Kier alpha value is -1.66. The van der Waals surface area contributed by atoms with E-state index in [0.29, 0.717) is 19.3 Å². The fourth-order valence-corrected chi connectivity index (χ4v) is 3.81. The minimum atomic E-state index is -1.05. The van der Waals surface area contributed by atoms with Crippen molar-refractivity contribution in [2.24, 2.45) is 0 Å². The molecule has 0 aliphatic carbocycles. The van der Waals surface area contributed by atoms with Crippen LogP contribution in [0.5, 0.6) is 0 Å². The molecule has 2 heterocycles. The van der Waals surface area contributed by atoms with Gasteiger partial charge in [-0.1, -0.05) is 12.1 Å². The van der Waals surface area contributed by atoms with Crippen molar-refractivity contribution in [3.8, 4) is 0 Å². The zero-order chi connectivity index (χ0) is 15.1. The molecule has 112 valence electrons. The Labute approximate surface area is 131 Å². The smallest absolute Gasteiger partial charge is 0.332 e. The van der Waals surface area contributed by atoms with Crippen LogP contribution < -0.4 is 5.32 Å². The molecule has 0 saturated carbocycles. The summed E-state index contributed by atoms with van der Waals surface area (Å²) in [4.78, 5) is 25.6. The van der Waals surface area contributed by atoms with E-state index < -0.39 is 5.54 Å². The van der Waals surface area contributed by atoms with Gasteiger partial charge in [0, 0.05) is 22.6 Å². The Morgan fingerprint density at radius 2 is 1.81 bits per heavy atom. The van der Waals surface area contributed by atoms with Crippen molar-refractivity contribution in [1.29, 1.82) is 0 Å². The van der Waals surface area contributed by atoms with Crippen LogP contribution in [0.2, 0.25) is 0 Å². The molecule has 2 aromatic heterocycles. The second kappa shape index (κ2) is 7.38. The number of hydrogen-bond donors (Lipinski definition) is 1. The molecule has 0 radical (unpaired) electrons. The summed E-state index contributed by atoms with van der Waals surface area (Å²) in [6, 6.07) is 7.78. The third kappa shape index (κ3) is 3.92. The third-order valence-corrected chi connectivity index (χ3v) is 4.87. The molecule has 0 aliphatic heterocycles. The molecule has 0 unspecified atom stereocenters. The first-order valence-corrected chi connectivity index (χ1v) is 8.39. The van der Waals surface area contributed by atoms with Crippen molar-refractivity contribution in [1.82, 2.24) is 5.32 Å². The number of hydrogen-bond acceptors (Lipinski definition) is 5. The molecule has 0 spiro atoms. The van der Waals surface area contributed by atoms with Crippen molar-refractivity contribution in [2.75, 3.05) is 6.61 Å². The van der Waals surface area contributed by atoms with Gasteiger partial charge in [-0.25, -0.2) is 4.79 Å². The first-order valence-electron chi connectivity index (χ1n) is 6.63. The topological polar surface area (TPSA) is 55.4 Å². The van der Waals surface area contributed by atoms with Gasteiger partial charge in [0.1, 0.15) is 5.54 Å². The molecule has 0 atom stereocenters. The summed E-state index contributed by atoms with van der Waals surface area (Å²) in [5, 5.41) is 6.63. The number of thiophene rings is 2. The van der Waals surface area contributed by atoms with E-state index in [1.807, 2.05) is 35.0 Å². The summed E-state index contributed by atoms with van der Waals surface area (Å²) in [6.07, 6.45) is 1.44. The molecule has 0 aliphatic rings. The predicted octanol–water partition coefficient (Wildman–Crippen LogP) is 2.64. The molecule has 6 heteroatoms. The number of nitrogens with one attached hydrogen (secondary N) is 1. The van der Waals surface area contributed by atoms with E-state index in [-0.39, 0.29) is 12.6 Å². The van der Waals surface area contributed by atoms with Gasteiger partial charge in [-0.15, -0.1) is 22.7 Å². The van der Waals surface area contributed by atoms with Crippen LogP contribution in [0.1, 0.15) is 16.7 Å². The molecule has 1 amide bonds. The monoisotopic (exact) mass is 323 g/mol. The second-order valence-corrected chi connectivity index (χ2v) is 6.64. The lowest BCUT2D eigenvalue weighted by molar-refractivity contribution is -0.152. The van der Waals surface area contributed by atoms with Crippen LogP contribution in [-0.4, -0.2) is 24.5 Å². The summed E-state index contributed by atoms with van der Waals surface area (Å²) in [5.74, 6) is -0.390. The highest BCUT2D eigenvalue weighted by Crippen LogP contribution is 2.25. The van der Waals surface area contributed by atoms with Gasteiger partial charge in [-0.3, -0.25) is 4.79 Å². The van der Waals surface area contributed by atoms with Crippen LogP contribution >= 0.6 is 22.7 Å². The number of ether oxygens (including phenoxy) is 1. The zero-order valence-corrected chi connectivity index (χ0v) is 13.3. The van der Waals surface area contributed by atoms with E-state index >= 15 is 0 Å². The molecular weight excluding hydrogens is 306 g/mol. The van der Waals surface area contributed by atoms with Crippen LogP contribution in [0.4, 0.5) is 0 Å². The molecule has 21 heavy (non-hydrogen) atoms. The molecular formula is C15H17NO3S2. The third-order valence-electron chi connectivity index (χ3n) is 3.11. The van der Waals surface area contributed by atoms with Crippen LogP contribution in [-0.2, 0) is 27.2 Å². The molecule has 2 aromatic rings. The first-order chi connectivity index (χ1) is 10.2. The van der Waals surface area contributed by atoms with Gasteiger partial charge < -0.3 is 10.1 Å². The SMILES string of the molecule is CCOC(=O)C(Cc1cccs1)(Cc1cccs1)NC=O. The fourth-order valence-electron chi connectivity index (χ4n) is 2.17. The predicted molar refractivity (Wildman–Crippen MR) is 84.6 cm³/mol. The Morgan fingerprint density at radius 1 is 1.24 bits per heavy atom. The number of amides is 1. The first kappa shape index (κ1) is 15.7. The standard InChI is InChI=1S/C15H17NO3S2/c1-2-19-14(18)15(16-11-17,9-12-5-3-7-20-12)10-13-6-4-8-21-13/h3-8,11H,2,9-10H2,1H3,(H,16,17). The number of esters is 1. The molecule has 0 bridgehead atoms. The Balaban J connectivity index is 2.32. The van der Waals surface area contributed by atoms with Crippen LogP contribution in [0.15, 0.2) is 35.0 Å². The lowest BCUT2D eigenvalue weighted by Gasteiger charge is -2.30. The van der Waals surface area contributed by atoms with Gasteiger partial charge >= 0.3 is 5.97 Å². The number of carbonyl (C=O) groups excluding carboxylic acids is 2. The van der Waals surface area contributed by atoms with E-state index in [1.54, 1.807) is 29.6 Å². The van der Waals surface area contributed by atoms with Crippen molar-refractivity contribution in [3.63, 3.8) is 0 Å². The van der Waals surface area contributed by atoms with E-state index in [4.69, 9.17) is 4.74 Å². The Kier molecular flexibility index (Phi) is 5.52. The quantitative estimate of drug-likeness (QED) is 0.600. The molecule has 0 fully saturated rings. The maximum atomic E-state index is 12.5. The summed E-state index contributed by atoms with van der Waals surface area (Å²) in [7, 11) is 0. The molecule has 4 nitrogen and oxygen atoms in total. The largest absolute Gasteiger partial charge is 0.464 e. The maximum absolute atomic E-state index is 12.5. The van der Waals surface area contributed by atoms with Gasteiger partial charge in [0.05, 0.1) is 6.61 Å². The zero-order valence-electron chi connectivity index (χ0n) is 11.7. The van der Waals surface area contributed by atoms with Crippen LogP contribution in [0.3, 0.4) is 0 Å². The summed E-state index contributed by atoms with van der Waals surface area (Å²) in [6.45, 7) is 2.05. The minimum absolute atomic E-state index is 0.288. The Morgan fingerprint density at radius 3 is 2.19 bits per heavy atom. The second-order valence-electron chi connectivity index (χ2n) is 4.58. The fraction of sp³-hybridized carbons (Fsp3) is 0.333. The highest BCUT2D eigenvalue weighted by Gasteiger charge is 2.40. The summed E-state index contributed by atoms with van der Waals surface area (Å²) < 4.78 is 5.21. The van der Waals surface area contributed by atoms with Crippen molar-refractivity contribution in [3.05, 3.63) is 44.8 Å². The Bertz CT molecular complexity index is 528. The lowest BCUT2D eigenvalue weighted by Crippen LogP contribution is -2.55. The van der Waals surface area contributed by atoms with E-state index in [0.717, 1.165) is 9.75 Å². The summed E-state index contributed by atoms with van der Waals surface area (Å²) >= 11 is 3.13. The van der Waals surface area contributed by atoms with E-state index in [1.165, 1.54) is 0 Å². The van der Waals surface area contributed by atoms with Crippen molar-refractivity contribution < 1.29 is 14.3 Å². The highest BCUT2D eigenvalue weighted by molar-refractivity contribution is 7.10. The van der Waals surface area contributed by atoms with Gasteiger partial charge in [-0.2, -0.15) is 0 Å². The van der Waals surface area contributed by atoms with Crippen molar-refractivity contribution in [2.45, 2.75) is 25.3 Å². The van der Waals surface area contributed by atoms with Gasteiger partial charge in [-0.05, 0) is 29.8 Å². The van der Waals surface area contributed by atoms with Gasteiger partial charge in [0.15, 0.2) is 0 Å². The van der Waals surface area contributed by atoms with Crippen LogP contribution in [0, 0.1) is 0 Å². The van der Waals surface area contributed by atoms with Gasteiger partial charge in [0.25, 0.3) is 0 Å². The molecule has 1 N–H and O–H groups in total. The average molecular weight is 323 g/mol. The highest BCUT2D eigenvalue weighted by atomic mass is 32.1. The normalized spacial score (nSPS) is 11.1. The molecule has 0 aromatic carbocycles. The number of rotatable bonds is 8. The summed E-state index contributed by atoms with van der Waals surface area (Å²) in [5.41, 5.74) is -1.05. The van der Waals surface area contributed by atoms with Crippen LogP contribution in [0.25, 0.3) is 0 Å². The van der Waals surface area contributed by atoms with E-state index in [9.17, 15) is 9.59 Å². The number of carbonyl (C=O) groups is 2. The van der Waals surface area contributed by atoms with E-state index in [2.05, 4.69) is 5.32 Å². The maximum Gasteiger partial charge on any atom is 0.332 e. The minimum Gasteiger partial charge on any atom is -0.464 e. The lowest BCUT2D eigenvalue weighted by atomic mass is 9.89. The average Bonchev–Trinajstić information content (AvgIpc) is 3.12. The molecule has 2 rings (SSSR count). The van der Waals surface area contributed by atoms with Crippen molar-refractivity contribution >= 4 is 35.1 Å². The molecule has 0 saturated heterocycles.